The van der Waals surface area contributed by atoms with Crippen LogP contribution >= 0.6 is 11.8 Å². The van der Waals surface area contributed by atoms with E-state index in [0.717, 1.165) is 23.6 Å². The highest BCUT2D eigenvalue weighted by atomic mass is 32.2. The van der Waals surface area contributed by atoms with Crippen LogP contribution in [0.1, 0.15) is 40.6 Å². The second-order valence-electron chi connectivity index (χ2n) is 7.48. The second-order valence-corrected chi connectivity index (χ2v) is 8.48. The number of aromatic nitrogens is 2. The summed E-state index contributed by atoms with van der Waals surface area (Å²) in [6.07, 6.45) is 4.49. The minimum atomic E-state index is -0.570. The number of carbonyl (C=O) groups is 1. The lowest BCUT2D eigenvalue weighted by Gasteiger charge is -2.34. The number of hydrogen-bond acceptors (Lipinski definition) is 5. The number of hydrogen-bond donors (Lipinski definition) is 1. The van der Waals surface area contributed by atoms with Crippen molar-refractivity contribution in [1.29, 1.82) is 0 Å². The molecule has 5 nitrogen and oxygen atoms in total. The Bertz CT molecular complexity index is 943. The first-order chi connectivity index (χ1) is 14.7. The predicted molar refractivity (Wildman–Crippen MR) is 118 cm³/mol. The third kappa shape index (κ3) is 5.07. The summed E-state index contributed by atoms with van der Waals surface area (Å²) in [5.74, 6) is 1.02. The number of pyridine rings is 2. The first-order valence-corrected chi connectivity index (χ1v) is 11.2. The van der Waals surface area contributed by atoms with Gasteiger partial charge in [-0.15, -0.1) is 11.8 Å². The summed E-state index contributed by atoms with van der Waals surface area (Å²) in [5, 5.41) is 11.6. The van der Waals surface area contributed by atoms with Gasteiger partial charge in [0.2, 0.25) is 0 Å². The van der Waals surface area contributed by atoms with Crippen LogP contribution in [-0.4, -0.2) is 39.0 Å². The van der Waals surface area contributed by atoms with Crippen molar-refractivity contribution in [1.82, 2.24) is 14.9 Å². The molecule has 1 aliphatic heterocycles. The standard InChI is InChI=1S/C24H25N3O2S/c28-23(21-5-1-3-13-25-21)19-11-15-27(16-12-19)24(29)20-9-7-18(8-10-20)17-30-22-6-2-4-14-26-22/h1-10,13-14,19,23,28H,11-12,15-17H2. The van der Waals surface area contributed by atoms with E-state index in [1.807, 2.05) is 65.6 Å². The molecule has 6 heteroatoms. The van der Waals surface area contributed by atoms with Gasteiger partial charge in [0.1, 0.15) is 0 Å². The molecule has 1 N–H and O–H groups in total. The molecular weight excluding hydrogens is 394 g/mol. The van der Waals surface area contributed by atoms with Crippen LogP contribution in [0.2, 0.25) is 0 Å². The number of likely N-dealkylation sites (tertiary alicyclic amines) is 1. The number of nitrogens with zero attached hydrogens (tertiary/aromatic N) is 3. The molecule has 0 saturated carbocycles. The van der Waals surface area contributed by atoms with Gasteiger partial charge in [0.25, 0.3) is 5.91 Å². The smallest absolute Gasteiger partial charge is 0.253 e. The van der Waals surface area contributed by atoms with E-state index in [0.29, 0.717) is 24.3 Å². The fourth-order valence-electron chi connectivity index (χ4n) is 3.73. The lowest BCUT2D eigenvalue weighted by Crippen LogP contribution is -2.39. The number of benzene rings is 1. The normalized spacial score (nSPS) is 15.7. The summed E-state index contributed by atoms with van der Waals surface area (Å²) in [6.45, 7) is 1.31. The van der Waals surface area contributed by atoms with Crippen LogP contribution in [-0.2, 0) is 5.75 Å². The Hall–Kier alpha value is -2.70. The van der Waals surface area contributed by atoms with Crippen molar-refractivity contribution < 1.29 is 9.90 Å². The van der Waals surface area contributed by atoms with Gasteiger partial charge in [0.15, 0.2) is 0 Å². The van der Waals surface area contributed by atoms with Crippen LogP contribution in [0.25, 0.3) is 0 Å². The van der Waals surface area contributed by atoms with Gasteiger partial charge >= 0.3 is 0 Å². The number of carbonyl (C=O) groups excluding carboxylic acids is 1. The third-order valence-corrected chi connectivity index (χ3v) is 6.50. The van der Waals surface area contributed by atoms with E-state index in [4.69, 9.17) is 0 Å². The maximum atomic E-state index is 12.9. The van der Waals surface area contributed by atoms with Gasteiger partial charge in [-0.2, -0.15) is 0 Å². The van der Waals surface area contributed by atoms with Gasteiger partial charge in [-0.1, -0.05) is 24.3 Å². The van der Waals surface area contributed by atoms with Gasteiger partial charge in [-0.3, -0.25) is 9.78 Å². The van der Waals surface area contributed by atoms with Crippen molar-refractivity contribution in [2.24, 2.45) is 5.92 Å². The maximum absolute atomic E-state index is 12.9. The zero-order valence-corrected chi connectivity index (χ0v) is 17.5. The van der Waals surface area contributed by atoms with Crippen molar-refractivity contribution in [2.45, 2.75) is 29.7 Å². The molecule has 2 aromatic heterocycles. The van der Waals surface area contributed by atoms with Crippen LogP contribution < -0.4 is 0 Å². The van der Waals surface area contributed by atoms with Gasteiger partial charge < -0.3 is 10.0 Å². The van der Waals surface area contributed by atoms with Crippen molar-refractivity contribution in [3.63, 3.8) is 0 Å². The maximum Gasteiger partial charge on any atom is 0.253 e. The number of amides is 1. The number of piperidine rings is 1. The van der Waals surface area contributed by atoms with Gasteiger partial charge in [-0.25, -0.2) is 4.98 Å². The number of thioether (sulfide) groups is 1. The van der Waals surface area contributed by atoms with Gasteiger partial charge in [0, 0.05) is 36.8 Å². The van der Waals surface area contributed by atoms with Crippen molar-refractivity contribution in [3.05, 3.63) is 89.9 Å². The number of aliphatic hydroxyl groups excluding tert-OH is 1. The topological polar surface area (TPSA) is 66.3 Å². The predicted octanol–water partition coefficient (Wildman–Crippen LogP) is 4.35. The van der Waals surface area contributed by atoms with Crippen LogP contribution in [0.5, 0.6) is 0 Å². The molecule has 1 amide bonds. The fraction of sp³-hybridized carbons (Fsp3) is 0.292. The van der Waals surface area contributed by atoms with Crippen molar-refractivity contribution >= 4 is 17.7 Å². The molecular formula is C24H25N3O2S. The molecule has 0 spiro atoms. The van der Waals surface area contributed by atoms with E-state index in [1.165, 1.54) is 5.56 Å². The van der Waals surface area contributed by atoms with Gasteiger partial charge in [0.05, 0.1) is 16.8 Å². The molecule has 3 heterocycles. The zero-order valence-electron chi connectivity index (χ0n) is 16.7. The highest BCUT2D eigenvalue weighted by molar-refractivity contribution is 7.98. The average Bonchev–Trinajstić information content (AvgIpc) is 2.83. The van der Waals surface area contributed by atoms with Crippen LogP contribution in [0.15, 0.2) is 78.1 Å². The molecule has 30 heavy (non-hydrogen) atoms. The SMILES string of the molecule is O=C(c1ccc(CSc2ccccn2)cc1)N1CCC(C(O)c2ccccn2)CC1. The highest BCUT2D eigenvalue weighted by Gasteiger charge is 2.29. The molecule has 0 radical (unpaired) electrons. The van der Waals surface area contributed by atoms with Crippen molar-refractivity contribution in [3.8, 4) is 0 Å². The van der Waals surface area contributed by atoms with E-state index in [2.05, 4.69) is 9.97 Å². The zero-order chi connectivity index (χ0) is 20.8. The molecule has 1 aromatic carbocycles. The van der Waals surface area contributed by atoms with Gasteiger partial charge in [-0.05, 0) is 60.7 Å². The Morgan fingerprint density at radius 2 is 1.70 bits per heavy atom. The molecule has 0 bridgehead atoms. The second kappa shape index (κ2) is 9.87. The minimum absolute atomic E-state index is 0.0599. The monoisotopic (exact) mass is 419 g/mol. The Morgan fingerprint density at radius 3 is 2.33 bits per heavy atom. The van der Waals surface area contributed by atoms with Crippen LogP contribution in [0, 0.1) is 5.92 Å². The molecule has 1 atom stereocenters. The molecule has 4 rings (SSSR count). The first-order valence-electron chi connectivity index (χ1n) is 10.2. The molecule has 1 unspecified atom stereocenters. The first kappa shape index (κ1) is 20.6. The van der Waals surface area contributed by atoms with E-state index >= 15 is 0 Å². The summed E-state index contributed by atoms with van der Waals surface area (Å²) in [6, 6.07) is 19.3. The number of rotatable bonds is 6. The third-order valence-electron chi connectivity index (χ3n) is 5.49. The lowest BCUT2D eigenvalue weighted by molar-refractivity contribution is 0.0447. The lowest BCUT2D eigenvalue weighted by atomic mass is 9.89. The minimum Gasteiger partial charge on any atom is -0.387 e. The molecule has 0 aliphatic carbocycles. The summed E-state index contributed by atoms with van der Waals surface area (Å²) >= 11 is 1.68. The largest absolute Gasteiger partial charge is 0.387 e. The summed E-state index contributed by atoms with van der Waals surface area (Å²) in [7, 11) is 0. The van der Waals surface area contributed by atoms with Crippen LogP contribution in [0.3, 0.4) is 0 Å². The summed E-state index contributed by atoms with van der Waals surface area (Å²) in [5.41, 5.74) is 2.59. The quantitative estimate of drug-likeness (QED) is 0.602. The Morgan fingerprint density at radius 1 is 1.00 bits per heavy atom. The molecule has 1 aliphatic rings. The Balaban J connectivity index is 1.29. The average molecular weight is 420 g/mol. The Labute approximate surface area is 181 Å². The van der Waals surface area contributed by atoms with Crippen molar-refractivity contribution in [2.75, 3.05) is 13.1 Å². The highest BCUT2D eigenvalue weighted by Crippen LogP contribution is 2.30. The fourth-order valence-corrected chi connectivity index (χ4v) is 4.54. The number of aliphatic hydroxyl groups is 1. The van der Waals surface area contributed by atoms with E-state index in [-0.39, 0.29) is 11.8 Å². The van der Waals surface area contributed by atoms with E-state index in [1.54, 1.807) is 24.2 Å². The Kier molecular flexibility index (Phi) is 6.77. The van der Waals surface area contributed by atoms with Crippen LogP contribution in [0.4, 0.5) is 0 Å². The molecule has 1 saturated heterocycles. The molecule has 1 fully saturated rings. The summed E-state index contributed by atoms with van der Waals surface area (Å²) < 4.78 is 0. The summed E-state index contributed by atoms with van der Waals surface area (Å²) in [4.78, 5) is 23.3. The van der Waals surface area contributed by atoms with E-state index in [9.17, 15) is 9.90 Å². The molecule has 154 valence electrons. The molecule has 3 aromatic rings. The van der Waals surface area contributed by atoms with E-state index < -0.39 is 6.10 Å².